The number of phenols is 2. The normalized spacial score (nSPS) is 13.6. The van der Waals surface area contributed by atoms with E-state index in [-0.39, 0.29) is 35.7 Å². The van der Waals surface area contributed by atoms with Gasteiger partial charge in [-0.3, -0.25) is 14.5 Å². The van der Waals surface area contributed by atoms with Crippen LogP contribution in [0.25, 0.3) is 21.9 Å². The van der Waals surface area contributed by atoms with E-state index < -0.39 is 0 Å². The van der Waals surface area contributed by atoms with E-state index in [9.17, 15) is 19.8 Å². The summed E-state index contributed by atoms with van der Waals surface area (Å²) >= 11 is 0. The van der Waals surface area contributed by atoms with E-state index in [0.717, 1.165) is 41.6 Å². The number of pyridine rings is 1. The van der Waals surface area contributed by atoms with Gasteiger partial charge >= 0.3 is 0 Å². The van der Waals surface area contributed by atoms with Crippen molar-refractivity contribution >= 4 is 39.6 Å². The van der Waals surface area contributed by atoms with Crippen LogP contribution in [-0.4, -0.2) is 41.5 Å². The lowest BCUT2D eigenvalue weighted by Gasteiger charge is -2.15. The quantitative estimate of drug-likeness (QED) is 0.278. The van der Waals surface area contributed by atoms with Crippen LogP contribution in [0, 0.1) is 0 Å². The third kappa shape index (κ3) is 3.95. The van der Waals surface area contributed by atoms with Gasteiger partial charge in [-0.25, -0.2) is 9.97 Å². The molecule has 0 saturated heterocycles. The number of aromatic hydroxyl groups is 2. The Bertz CT molecular complexity index is 1500. The summed E-state index contributed by atoms with van der Waals surface area (Å²) in [5.74, 6) is 0.0478. The lowest BCUT2D eigenvalue weighted by molar-refractivity contribution is -0.137. The van der Waals surface area contributed by atoms with Gasteiger partial charge < -0.3 is 20.5 Å². The number of nitrogens with two attached hydrogens (primary N) is 1. The molecular formula is C26H25N5O4. The second-order valence-corrected chi connectivity index (χ2v) is 8.64. The summed E-state index contributed by atoms with van der Waals surface area (Å²) in [4.78, 5) is 34.5. The summed E-state index contributed by atoms with van der Waals surface area (Å²) in [6, 6.07) is 10.4. The molecule has 0 bridgehead atoms. The van der Waals surface area contributed by atoms with Crippen LogP contribution in [0.2, 0.25) is 0 Å². The first-order valence-electron chi connectivity index (χ1n) is 11.5. The van der Waals surface area contributed by atoms with E-state index in [2.05, 4.69) is 11.9 Å². The Morgan fingerprint density at radius 1 is 1.00 bits per heavy atom. The molecule has 2 aromatic heterocycles. The van der Waals surface area contributed by atoms with Crippen LogP contribution in [0.5, 0.6) is 11.5 Å². The monoisotopic (exact) mass is 471 g/mol. The molecular weight excluding hydrogens is 446 g/mol. The Morgan fingerprint density at radius 2 is 1.77 bits per heavy atom. The number of aromatic nitrogens is 3. The molecule has 2 aromatic carbocycles. The maximum atomic E-state index is 12.0. The highest BCUT2D eigenvalue weighted by molar-refractivity contribution is 6.13. The first kappa shape index (κ1) is 22.4. The Morgan fingerprint density at radius 3 is 2.51 bits per heavy atom. The van der Waals surface area contributed by atoms with Gasteiger partial charge in [-0.1, -0.05) is 37.6 Å². The van der Waals surface area contributed by atoms with Crippen molar-refractivity contribution in [2.45, 2.75) is 39.3 Å². The van der Waals surface area contributed by atoms with Gasteiger partial charge in [0.2, 0.25) is 0 Å². The Hall–Kier alpha value is -4.40. The van der Waals surface area contributed by atoms with Crippen LogP contribution in [0.4, 0.5) is 5.82 Å². The molecule has 0 aliphatic carbocycles. The van der Waals surface area contributed by atoms with Crippen LogP contribution in [0.3, 0.4) is 0 Å². The van der Waals surface area contributed by atoms with Crippen molar-refractivity contribution in [2.24, 2.45) is 0 Å². The number of carbonyl (C=O) groups excluding carboxylic acids is 2. The average Bonchev–Trinajstić information content (AvgIpc) is 3.36. The fourth-order valence-corrected chi connectivity index (χ4v) is 4.44. The molecule has 178 valence electrons. The number of imide groups is 1. The second-order valence-electron chi connectivity index (χ2n) is 8.64. The van der Waals surface area contributed by atoms with Gasteiger partial charge in [0.05, 0.1) is 24.1 Å². The topological polar surface area (TPSA) is 135 Å². The summed E-state index contributed by atoms with van der Waals surface area (Å²) in [6.07, 6.45) is 5.15. The molecule has 1 aliphatic heterocycles. The van der Waals surface area contributed by atoms with Gasteiger partial charge in [0, 0.05) is 29.5 Å². The first-order valence-corrected chi connectivity index (χ1v) is 11.5. The number of benzene rings is 2. The summed E-state index contributed by atoms with van der Waals surface area (Å²) in [5, 5.41) is 21.2. The predicted octanol–water partition coefficient (Wildman–Crippen LogP) is 3.39. The largest absolute Gasteiger partial charge is 0.504 e. The Kier molecular flexibility index (Phi) is 5.60. The van der Waals surface area contributed by atoms with Crippen LogP contribution in [0.15, 0.2) is 48.6 Å². The molecule has 0 atom stereocenters. The number of aryl methyl sites for hydroxylation is 1. The number of anilines is 1. The first-order chi connectivity index (χ1) is 16.9. The van der Waals surface area contributed by atoms with Gasteiger partial charge in [-0.15, -0.1) is 0 Å². The third-order valence-electron chi connectivity index (χ3n) is 6.27. The number of fused-ring (bicyclic) bond motifs is 3. The van der Waals surface area contributed by atoms with Crippen LogP contribution in [-0.2, 0) is 29.1 Å². The van der Waals surface area contributed by atoms with Gasteiger partial charge in [-0.05, 0) is 24.1 Å². The van der Waals surface area contributed by atoms with Crippen LogP contribution < -0.4 is 5.73 Å². The maximum Gasteiger partial charge on any atom is 0.253 e. The molecule has 0 spiro atoms. The third-order valence-corrected chi connectivity index (χ3v) is 6.27. The van der Waals surface area contributed by atoms with E-state index in [4.69, 9.17) is 10.7 Å². The highest BCUT2D eigenvalue weighted by Crippen LogP contribution is 2.34. The predicted molar refractivity (Wildman–Crippen MR) is 132 cm³/mol. The van der Waals surface area contributed by atoms with Crippen LogP contribution in [0.1, 0.15) is 36.7 Å². The number of nitrogens with zero attached hydrogens (tertiary/aromatic N) is 4. The molecule has 9 nitrogen and oxygen atoms in total. The smallest absolute Gasteiger partial charge is 0.253 e. The minimum Gasteiger partial charge on any atom is -0.504 e. The van der Waals surface area contributed by atoms with E-state index in [1.807, 2.05) is 22.8 Å². The molecule has 0 saturated carbocycles. The lowest BCUT2D eigenvalue weighted by atomic mass is 10.1. The second kappa shape index (κ2) is 8.75. The number of rotatable bonds is 7. The minimum absolute atomic E-state index is 0.137. The van der Waals surface area contributed by atoms with Crippen molar-refractivity contribution in [3.8, 4) is 11.5 Å². The maximum absolute atomic E-state index is 12.0. The standard InChI is InChI=1S/C26H25N5O4/c1-2-3-7-20-29-23-24(30(20)14-16-5-4-6-19(32)25(16)35)17-9-8-15(12-18(17)28-26(23)27)13-31-21(33)10-11-22(31)34/h4-6,8-12,32,35H,2-3,7,13-14H2,1H3,(H2,27,28). The van der Waals surface area contributed by atoms with Crippen molar-refractivity contribution < 1.29 is 19.8 Å². The van der Waals surface area contributed by atoms with Gasteiger partial charge in [-0.2, -0.15) is 0 Å². The van der Waals surface area contributed by atoms with Crippen molar-refractivity contribution in [3.05, 3.63) is 65.5 Å². The number of hydrogen-bond donors (Lipinski definition) is 3. The molecule has 0 radical (unpaired) electrons. The Balaban J connectivity index is 1.65. The molecule has 0 unspecified atom stereocenters. The number of carbonyl (C=O) groups is 2. The molecule has 5 rings (SSSR count). The molecule has 2 amide bonds. The molecule has 35 heavy (non-hydrogen) atoms. The van der Waals surface area contributed by atoms with Gasteiger partial charge in [0.25, 0.3) is 11.8 Å². The van der Waals surface area contributed by atoms with Crippen molar-refractivity contribution in [1.29, 1.82) is 0 Å². The average molecular weight is 472 g/mol. The number of unbranched alkanes of at least 4 members (excludes halogenated alkanes) is 1. The summed E-state index contributed by atoms with van der Waals surface area (Å²) < 4.78 is 2.01. The number of para-hydroxylation sites is 1. The van der Waals surface area contributed by atoms with Crippen molar-refractivity contribution in [1.82, 2.24) is 19.4 Å². The molecule has 4 aromatic rings. The molecule has 1 aliphatic rings. The molecule has 9 heteroatoms. The van der Waals surface area contributed by atoms with Gasteiger partial charge in [0.1, 0.15) is 11.3 Å². The minimum atomic E-state index is -0.345. The van der Waals surface area contributed by atoms with E-state index in [0.29, 0.717) is 23.1 Å². The molecule has 3 heterocycles. The van der Waals surface area contributed by atoms with Crippen molar-refractivity contribution in [3.63, 3.8) is 0 Å². The number of amides is 2. The zero-order valence-corrected chi connectivity index (χ0v) is 19.2. The van der Waals surface area contributed by atoms with Crippen LogP contribution >= 0.6 is 0 Å². The Labute approximate surface area is 201 Å². The number of imidazole rings is 1. The highest BCUT2D eigenvalue weighted by Gasteiger charge is 2.24. The molecule has 0 fully saturated rings. The SMILES string of the molecule is CCCCc1nc2c(N)nc3cc(CN4C(=O)C=CC4=O)ccc3c2n1Cc1cccc(O)c1O. The summed E-state index contributed by atoms with van der Waals surface area (Å²) in [5.41, 5.74) is 9.61. The lowest BCUT2D eigenvalue weighted by Crippen LogP contribution is -2.29. The van der Waals surface area contributed by atoms with E-state index >= 15 is 0 Å². The zero-order chi connectivity index (χ0) is 24.7. The fraction of sp³-hybridized carbons (Fsp3) is 0.231. The number of nitrogen functional groups attached to an aromatic ring is 1. The fourth-order valence-electron chi connectivity index (χ4n) is 4.44. The summed E-state index contributed by atoms with van der Waals surface area (Å²) in [7, 11) is 0. The highest BCUT2D eigenvalue weighted by atomic mass is 16.3. The number of hydrogen-bond acceptors (Lipinski definition) is 7. The van der Waals surface area contributed by atoms with E-state index in [1.165, 1.54) is 23.1 Å². The summed E-state index contributed by atoms with van der Waals surface area (Å²) in [6.45, 7) is 2.53. The number of phenolic OH excluding ortho intramolecular Hbond substituents is 2. The van der Waals surface area contributed by atoms with Gasteiger partial charge in [0.15, 0.2) is 17.3 Å². The van der Waals surface area contributed by atoms with Crippen molar-refractivity contribution in [2.75, 3.05) is 5.73 Å². The zero-order valence-electron chi connectivity index (χ0n) is 19.2. The van der Waals surface area contributed by atoms with E-state index in [1.54, 1.807) is 12.1 Å². The molecule has 4 N–H and O–H groups in total.